The maximum Gasteiger partial charge on any atom is 0.258 e. The van der Waals surface area contributed by atoms with Crippen LogP contribution in [0.2, 0.25) is 0 Å². The lowest BCUT2D eigenvalue weighted by Crippen LogP contribution is -2.54. The van der Waals surface area contributed by atoms with Crippen LogP contribution in [0.4, 0.5) is 4.39 Å². The molecular formula is C17H26ClFN2O2. The topological polar surface area (TPSA) is 41.6 Å². The van der Waals surface area contributed by atoms with Crippen LogP contribution in [0, 0.1) is 5.82 Å². The van der Waals surface area contributed by atoms with Crippen LogP contribution < -0.4 is 10.1 Å². The van der Waals surface area contributed by atoms with Gasteiger partial charge in [-0.2, -0.15) is 0 Å². The highest BCUT2D eigenvalue weighted by Crippen LogP contribution is 2.31. The number of ether oxygens (including phenoxy) is 1. The molecule has 0 radical (unpaired) electrons. The zero-order valence-electron chi connectivity index (χ0n) is 13.8. The standard InChI is InChI=1S/C17H25FN2O2.ClH/c1-20(2)17(10-4-3-5-11-17)13-19-16(21)12-22-15-8-6-14(18)7-9-15;/h6-9H,3-5,10-13H2,1-2H3,(H,19,21);1H. The normalized spacial score (nSPS) is 16.5. The number of likely N-dealkylation sites (N-methyl/N-ethyl adjacent to an activating group) is 1. The largest absolute Gasteiger partial charge is 0.484 e. The Balaban J connectivity index is 0.00000264. The van der Waals surface area contributed by atoms with E-state index in [1.54, 1.807) is 0 Å². The number of benzene rings is 1. The number of carbonyl (C=O) groups is 1. The molecule has 0 saturated heterocycles. The number of hydrogen-bond acceptors (Lipinski definition) is 3. The third-order valence-electron chi connectivity index (χ3n) is 4.53. The monoisotopic (exact) mass is 344 g/mol. The van der Waals surface area contributed by atoms with Gasteiger partial charge < -0.3 is 15.0 Å². The summed E-state index contributed by atoms with van der Waals surface area (Å²) in [5.74, 6) is 0.0367. The first kappa shape index (κ1) is 19.7. The third kappa shape index (κ3) is 5.66. The molecule has 1 aliphatic carbocycles. The quantitative estimate of drug-likeness (QED) is 0.862. The number of hydrogen-bond donors (Lipinski definition) is 1. The Morgan fingerprint density at radius 3 is 2.39 bits per heavy atom. The second-order valence-corrected chi connectivity index (χ2v) is 6.20. The summed E-state index contributed by atoms with van der Waals surface area (Å²) in [7, 11) is 4.15. The van der Waals surface area contributed by atoms with Crippen molar-refractivity contribution in [2.75, 3.05) is 27.2 Å². The number of nitrogens with zero attached hydrogens (tertiary/aromatic N) is 1. The van der Waals surface area contributed by atoms with Gasteiger partial charge in [-0.3, -0.25) is 4.79 Å². The van der Waals surface area contributed by atoms with Crippen molar-refractivity contribution in [1.29, 1.82) is 0 Å². The molecular weight excluding hydrogens is 319 g/mol. The lowest BCUT2D eigenvalue weighted by Gasteiger charge is -2.43. The Hall–Kier alpha value is -1.33. The fourth-order valence-electron chi connectivity index (χ4n) is 2.99. The van der Waals surface area contributed by atoms with Crippen molar-refractivity contribution >= 4 is 18.3 Å². The lowest BCUT2D eigenvalue weighted by atomic mass is 9.80. The summed E-state index contributed by atoms with van der Waals surface area (Å²) in [6.07, 6.45) is 5.91. The molecule has 0 aliphatic heterocycles. The molecule has 0 aromatic heterocycles. The van der Waals surface area contributed by atoms with E-state index >= 15 is 0 Å². The van der Waals surface area contributed by atoms with Crippen molar-refractivity contribution in [2.24, 2.45) is 0 Å². The summed E-state index contributed by atoms with van der Waals surface area (Å²) < 4.78 is 18.2. The summed E-state index contributed by atoms with van der Waals surface area (Å²) in [5, 5.41) is 2.98. The zero-order valence-corrected chi connectivity index (χ0v) is 14.6. The molecule has 1 saturated carbocycles. The van der Waals surface area contributed by atoms with Gasteiger partial charge in [-0.1, -0.05) is 19.3 Å². The molecule has 2 rings (SSSR count). The Bertz CT molecular complexity index is 488. The summed E-state index contributed by atoms with van der Waals surface area (Å²) in [6.45, 7) is 0.598. The molecule has 1 amide bonds. The van der Waals surface area contributed by atoms with Gasteiger partial charge in [0.2, 0.25) is 0 Å². The second kappa shape index (κ2) is 9.08. The van der Waals surface area contributed by atoms with Crippen LogP contribution in [0.1, 0.15) is 32.1 Å². The van der Waals surface area contributed by atoms with Gasteiger partial charge in [0.05, 0.1) is 0 Å². The van der Waals surface area contributed by atoms with Crippen LogP contribution in [-0.4, -0.2) is 43.6 Å². The number of rotatable bonds is 6. The van der Waals surface area contributed by atoms with Crippen LogP contribution in [0.25, 0.3) is 0 Å². The molecule has 0 heterocycles. The summed E-state index contributed by atoms with van der Waals surface area (Å²) in [6, 6.07) is 5.67. The highest BCUT2D eigenvalue weighted by Gasteiger charge is 2.34. The maximum absolute atomic E-state index is 12.8. The van der Waals surface area contributed by atoms with Crippen molar-refractivity contribution in [3.8, 4) is 5.75 Å². The van der Waals surface area contributed by atoms with Gasteiger partial charge in [-0.05, 0) is 51.2 Å². The lowest BCUT2D eigenvalue weighted by molar-refractivity contribution is -0.123. The van der Waals surface area contributed by atoms with E-state index in [0.717, 1.165) is 12.8 Å². The molecule has 1 N–H and O–H groups in total. The minimum atomic E-state index is -0.318. The first-order chi connectivity index (χ1) is 10.5. The van der Waals surface area contributed by atoms with Crippen molar-refractivity contribution in [3.05, 3.63) is 30.1 Å². The zero-order chi connectivity index (χ0) is 16.0. The van der Waals surface area contributed by atoms with Crippen LogP contribution in [0.5, 0.6) is 5.75 Å². The van der Waals surface area contributed by atoms with Crippen LogP contribution >= 0.6 is 12.4 Å². The average molecular weight is 345 g/mol. The molecule has 6 heteroatoms. The molecule has 0 unspecified atom stereocenters. The first-order valence-corrected chi connectivity index (χ1v) is 7.84. The smallest absolute Gasteiger partial charge is 0.258 e. The fraction of sp³-hybridized carbons (Fsp3) is 0.588. The van der Waals surface area contributed by atoms with Gasteiger partial charge in [-0.15, -0.1) is 12.4 Å². The Labute approximate surface area is 143 Å². The molecule has 23 heavy (non-hydrogen) atoms. The van der Waals surface area contributed by atoms with Gasteiger partial charge in [0.15, 0.2) is 6.61 Å². The predicted octanol–water partition coefficient (Wildman–Crippen LogP) is 3.01. The van der Waals surface area contributed by atoms with Gasteiger partial charge in [-0.25, -0.2) is 4.39 Å². The third-order valence-corrected chi connectivity index (χ3v) is 4.53. The molecule has 4 nitrogen and oxygen atoms in total. The minimum Gasteiger partial charge on any atom is -0.484 e. The van der Waals surface area contributed by atoms with Crippen molar-refractivity contribution in [2.45, 2.75) is 37.6 Å². The summed E-state index contributed by atoms with van der Waals surface area (Å²) in [5.41, 5.74) is 0.0593. The SMILES string of the molecule is CN(C)C1(CNC(=O)COc2ccc(F)cc2)CCCCC1.Cl. The second-order valence-electron chi connectivity index (χ2n) is 6.20. The van der Waals surface area contributed by atoms with Gasteiger partial charge >= 0.3 is 0 Å². The van der Waals surface area contributed by atoms with Crippen molar-refractivity contribution in [1.82, 2.24) is 10.2 Å². The predicted molar refractivity (Wildman–Crippen MR) is 91.7 cm³/mol. The van der Waals surface area contributed by atoms with E-state index in [1.165, 1.54) is 43.5 Å². The molecule has 1 fully saturated rings. The van der Waals surface area contributed by atoms with Crippen LogP contribution in [0.3, 0.4) is 0 Å². The van der Waals surface area contributed by atoms with Crippen LogP contribution in [-0.2, 0) is 4.79 Å². The van der Waals surface area contributed by atoms with Gasteiger partial charge in [0, 0.05) is 12.1 Å². The van der Waals surface area contributed by atoms with Gasteiger partial charge in [0.25, 0.3) is 5.91 Å². The molecule has 0 bridgehead atoms. The summed E-state index contributed by atoms with van der Waals surface area (Å²) in [4.78, 5) is 14.2. The Morgan fingerprint density at radius 2 is 1.83 bits per heavy atom. The highest BCUT2D eigenvalue weighted by molar-refractivity contribution is 5.85. The van der Waals surface area contributed by atoms with E-state index in [0.29, 0.717) is 12.3 Å². The average Bonchev–Trinajstić information content (AvgIpc) is 2.53. The van der Waals surface area contributed by atoms with E-state index in [4.69, 9.17) is 4.74 Å². The first-order valence-electron chi connectivity index (χ1n) is 7.84. The Kier molecular flexibility index (Phi) is 7.79. The maximum atomic E-state index is 12.8. The minimum absolute atomic E-state index is 0. The van der Waals surface area contributed by atoms with E-state index < -0.39 is 0 Å². The molecule has 130 valence electrons. The molecule has 1 aromatic rings. The number of halogens is 2. The molecule has 0 spiro atoms. The summed E-state index contributed by atoms with van der Waals surface area (Å²) >= 11 is 0. The van der Waals surface area contributed by atoms with Crippen molar-refractivity contribution < 1.29 is 13.9 Å². The van der Waals surface area contributed by atoms with E-state index in [2.05, 4.69) is 24.3 Å². The van der Waals surface area contributed by atoms with E-state index in [-0.39, 0.29) is 36.3 Å². The number of amides is 1. The highest BCUT2D eigenvalue weighted by atomic mass is 35.5. The fourth-order valence-corrected chi connectivity index (χ4v) is 2.99. The molecule has 1 aromatic carbocycles. The number of nitrogens with one attached hydrogen (secondary N) is 1. The Morgan fingerprint density at radius 1 is 1.22 bits per heavy atom. The van der Waals surface area contributed by atoms with Gasteiger partial charge in [0.1, 0.15) is 11.6 Å². The van der Waals surface area contributed by atoms with Crippen LogP contribution in [0.15, 0.2) is 24.3 Å². The van der Waals surface area contributed by atoms with E-state index in [1.807, 2.05) is 0 Å². The van der Waals surface area contributed by atoms with Crippen molar-refractivity contribution in [3.63, 3.8) is 0 Å². The molecule has 0 atom stereocenters. The molecule has 1 aliphatic rings. The van der Waals surface area contributed by atoms with E-state index in [9.17, 15) is 9.18 Å². The number of carbonyl (C=O) groups excluding carboxylic acids is 1.